The van der Waals surface area contributed by atoms with Crippen LogP contribution < -0.4 is 10.6 Å². The molecule has 1 aromatic heterocycles. The first kappa shape index (κ1) is 14.5. The van der Waals surface area contributed by atoms with Crippen molar-refractivity contribution in [1.82, 2.24) is 4.98 Å². The lowest BCUT2D eigenvalue weighted by molar-refractivity contribution is 0.610. The number of hydrogen-bond donors (Lipinski definition) is 2. The lowest BCUT2D eigenvalue weighted by atomic mass is 10.1. The van der Waals surface area contributed by atoms with Gasteiger partial charge in [-0.3, -0.25) is 5.41 Å². The number of nitrogens with one attached hydrogen (secondary N) is 1. The van der Waals surface area contributed by atoms with Gasteiger partial charge < -0.3 is 10.6 Å². The predicted octanol–water partition coefficient (Wildman–Crippen LogP) is 2.61. The summed E-state index contributed by atoms with van der Waals surface area (Å²) in [5.74, 6) is 0.909. The maximum Gasteiger partial charge on any atom is 0.140 e. The van der Waals surface area contributed by atoms with Gasteiger partial charge in [0.2, 0.25) is 0 Å². The monoisotopic (exact) mass is 248 g/mol. The van der Waals surface area contributed by atoms with Crippen LogP contribution in [0.4, 0.5) is 5.82 Å². The zero-order valence-electron chi connectivity index (χ0n) is 12.0. The van der Waals surface area contributed by atoms with Gasteiger partial charge in [-0.1, -0.05) is 13.3 Å². The molecule has 0 saturated heterocycles. The van der Waals surface area contributed by atoms with Gasteiger partial charge >= 0.3 is 0 Å². The second-order valence-corrected chi connectivity index (χ2v) is 4.94. The predicted molar refractivity (Wildman–Crippen MR) is 77.5 cm³/mol. The van der Waals surface area contributed by atoms with Crippen LogP contribution in [0.1, 0.15) is 43.5 Å². The first-order chi connectivity index (χ1) is 8.38. The van der Waals surface area contributed by atoms with E-state index in [4.69, 9.17) is 11.1 Å². The van der Waals surface area contributed by atoms with Gasteiger partial charge in [-0.05, 0) is 38.8 Å². The Morgan fingerprint density at radius 2 is 2.11 bits per heavy atom. The number of aromatic nitrogens is 1. The maximum atomic E-state index is 7.73. The van der Waals surface area contributed by atoms with Gasteiger partial charge in [-0.25, -0.2) is 4.98 Å². The molecule has 0 bridgehead atoms. The highest BCUT2D eigenvalue weighted by atomic mass is 15.2. The lowest BCUT2D eigenvalue weighted by Gasteiger charge is -2.28. The number of pyridine rings is 1. The fraction of sp³-hybridized carbons (Fsp3) is 0.571. The number of hydrogen-bond acceptors (Lipinski definition) is 3. The van der Waals surface area contributed by atoms with Crippen molar-refractivity contribution in [1.29, 1.82) is 5.41 Å². The highest BCUT2D eigenvalue weighted by Crippen LogP contribution is 2.23. The van der Waals surface area contributed by atoms with Crippen LogP contribution in [0.15, 0.2) is 6.07 Å². The van der Waals surface area contributed by atoms with Crippen molar-refractivity contribution in [3.05, 3.63) is 22.9 Å². The Balaban J connectivity index is 3.25. The minimum absolute atomic E-state index is 0.0885. The van der Waals surface area contributed by atoms with E-state index in [9.17, 15) is 0 Å². The summed E-state index contributed by atoms with van der Waals surface area (Å²) in [5.41, 5.74) is 8.43. The van der Waals surface area contributed by atoms with Crippen LogP contribution in [0.3, 0.4) is 0 Å². The van der Waals surface area contributed by atoms with E-state index in [1.54, 1.807) is 0 Å². The number of aryl methyl sites for hydroxylation is 2. The molecule has 1 heterocycles. The molecule has 0 aliphatic carbocycles. The van der Waals surface area contributed by atoms with E-state index < -0.39 is 0 Å². The Hall–Kier alpha value is -1.58. The molecule has 4 nitrogen and oxygen atoms in total. The van der Waals surface area contributed by atoms with Crippen molar-refractivity contribution in [2.45, 2.75) is 46.6 Å². The Kier molecular flexibility index (Phi) is 4.70. The van der Waals surface area contributed by atoms with Crippen molar-refractivity contribution in [2.24, 2.45) is 5.73 Å². The minimum atomic E-state index is 0.0885. The summed E-state index contributed by atoms with van der Waals surface area (Å²) in [5, 5.41) is 7.73. The van der Waals surface area contributed by atoms with Gasteiger partial charge in [-0.15, -0.1) is 0 Å². The average molecular weight is 248 g/mol. The molecular formula is C14H24N4. The third-order valence-corrected chi connectivity index (χ3v) is 3.30. The second-order valence-electron chi connectivity index (χ2n) is 4.94. The molecule has 1 aromatic rings. The smallest absolute Gasteiger partial charge is 0.140 e. The topological polar surface area (TPSA) is 66.0 Å². The molecule has 0 aromatic carbocycles. The molecule has 0 saturated carbocycles. The highest BCUT2D eigenvalue weighted by Gasteiger charge is 2.18. The first-order valence-corrected chi connectivity index (χ1v) is 6.43. The molecule has 0 radical (unpaired) electrons. The van der Waals surface area contributed by atoms with Crippen LogP contribution in [0.2, 0.25) is 0 Å². The van der Waals surface area contributed by atoms with Crippen molar-refractivity contribution in [3.8, 4) is 0 Å². The fourth-order valence-electron chi connectivity index (χ4n) is 2.23. The Morgan fingerprint density at radius 1 is 1.50 bits per heavy atom. The third-order valence-electron chi connectivity index (χ3n) is 3.30. The van der Waals surface area contributed by atoms with Gasteiger partial charge in [0.05, 0.1) is 5.56 Å². The number of anilines is 1. The van der Waals surface area contributed by atoms with Gasteiger partial charge in [0.1, 0.15) is 11.7 Å². The largest absolute Gasteiger partial charge is 0.384 e. The van der Waals surface area contributed by atoms with Crippen molar-refractivity contribution in [2.75, 3.05) is 11.9 Å². The molecule has 100 valence electrons. The second kappa shape index (κ2) is 5.85. The minimum Gasteiger partial charge on any atom is -0.384 e. The van der Waals surface area contributed by atoms with Crippen molar-refractivity contribution in [3.63, 3.8) is 0 Å². The molecule has 0 aliphatic rings. The maximum absolute atomic E-state index is 7.73. The third kappa shape index (κ3) is 3.00. The van der Waals surface area contributed by atoms with Crippen LogP contribution in [0, 0.1) is 19.3 Å². The van der Waals surface area contributed by atoms with Crippen LogP contribution in [0.5, 0.6) is 0 Å². The molecule has 1 atom stereocenters. The summed E-state index contributed by atoms with van der Waals surface area (Å²) < 4.78 is 0. The van der Waals surface area contributed by atoms with Gasteiger partial charge in [0, 0.05) is 18.8 Å². The van der Waals surface area contributed by atoms with Crippen molar-refractivity contribution < 1.29 is 0 Å². The summed E-state index contributed by atoms with van der Waals surface area (Å²) >= 11 is 0. The fourth-order valence-corrected chi connectivity index (χ4v) is 2.23. The van der Waals surface area contributed by atoms with Crippen LogP contribution in [-0.4, -0.2) is 23.9 Å². The Morgan fingerprint density at radius 3 is 2.61 bits per heavy atom. The SMILES string of the molecule is CCCC(C)N(C)c1nc(C)cc(C)c1C(=N)N. The zero-order valence-corrected chi connectivity index (χ0v) is 12.0. The van der Waals surface area contributed by atoms with Gasteiger partial charge in [0.15, 0.2) is 0 Å². The Labute approximate surface area is 110 Å². The summed E-state index contributed by atoms with van der Waals surface area (Å²) in [7, 11) is 2.02. The van der Waals surface area contributed by atoms with Crippen molar-refractivity contribution >= 4 is 11.7 Å². The molecule has 3 N–H and O–H groups in total. The van der Waals surface area contributed by atoms with Crippen LogP contribution >= 0.6 is 0 Å². The van der Waals surface area contributed by atoms with E-state index >= 15 is 0 Å². The number of amidine groups is 1. The van der Waals surface area contributed by atoms with Crippen LogP contribution in [-0.2, 0) is 0 Å². The average Bonchev–Trinajstić information content (AvgIpc) is 2.26. The molecule has 0 amide bonds. The van der Waals surface area contributed by atoms with Crippen LogP contribution in [0.25, 0.3) is 0 Å². The van der Waals surface area contributed by atoms with E-state index in [2.05, 4.69) is 23.7 Å². The number of rotatable bonds is 5. The number of nitrogens with zero attached hydrogens (tertiary/aromatic N) is 2. The number of nitrogen functional groups attached to an aromatic ring is 1. The zero-order chi connectivity index (χ0) is 13.9. The van der Waals surface area contributed by atoms with E-state index in [0.717, 1.165) is 35.5 Å². The lowest BCUT2D eigenvalue weighted by Crippen LogP contribution is -2.32. The van der Waals surface area contributed by atoms with E-state index in [-0.39, 0.29) is 5.84 Å². The van der Waals surface area contributed by atoms with E-state index in [0.29, 0.717) is 6.04 Å². The quantitative estimate of drug-likeness (QED) is 0.622. The molecule has 0 aliphatic heterocycles. The Bertz CT molecular complexity index is 440. The summed E-state index contributed by atoms with van der Waals surface area (Å²) in [6, 6.07) is 2.36. The van der Waals surface area contributed by atoms with E-state index in [1.807, 2.05) is 27.0 Å². The van der Waals surface area contributed by atoms with E-state index in [1.165, 1.54) is 0 Å². The highest BCUT2D eigenvalue weighted by molar-refractivity contribution is 6.01. The molecule has 1 unspecified atom stereocenters. The standard InChI is InChI=1S/C14H24N4/c1-6-7-11(4)18(5)14-12(13(15)16)9(2)8-10(3)17-14/h8,11H,6-7H2,1-5H3,(H3,15,16). The molecule has 0 spiro atoms. The molecule has 4 heteroatoms. The first-order valence-electron chi connectivity index (χ1n) is 6.43. The summed E-state index contributed by atoms with van der Waals surface area (Å²) in [4.78, 5) is 6.69. The normalized spacial score (nSPS) is 12.3. The molecule has 0 fully saturated rings. The van der Waals surface area contributed by atoms with Gasteiger partial charge in [-0.2, -0.15) is 0 Å². The number of nitrogens with two attached hydrogens (primary N) is 1. The van der Waals surface area contributed by atoms with Gasteiger partial charge in [0.25, 0.3) is 0 Å². The summed E-state index contributed by atoms with van der Waals surface area (Å²) in [6.07, 6.45) is 2.23. The molecule has 18 heavy (non-hydrogen) atoms. The molecular weight excluding hydrogens is 224 g/mol. The summed E-state index contributed by atoms with van der Waals surface area (Å²) in [6.45, 7) is 8.30. The molecule has 1 rings (SSSR count).